The van der Waals surface area contributed by atoms with Crippen molar-refractivity contribution in [3.63, 3.8) is 0 Å². The van der Waals surface area contributed by atoms with Gasteiger partial charge in [-0.05, 0) is 6.07 Å². The molecule has 0 amide bonds. The zero-order chi connectivity index (χ0) is 11.4. The summed E-state index contributed by atoms with van der Waals surface area (Å²) in [5.74, 6) is -1.55. The summed E-state index contributed by atoms with van der Waals surface area (Å²) >= 11 is 5.45. The van der Waals surface area contributed by atoms with Crippen molar-refractivity contribution in [1.29, 1.82) is 0 Å². The van der Waals surface area contributed by atoms with E-state index in [1.165, 1.54) is 0 Å². The molecule has 0 atom stereocenters. The highest BCUT2D eigenvalue weighted by Gasteiger charge is 2.14. The number of aromatic carboxylic acids is 1. The number of carboxylic acids is 1. The summed E-state index contributed by atoms with van der Waals surface area (Å²) in [7, 11) is 0. The molecule has 4 nitrogen and oxygen atoms in total. The quantitative estimate of drug-likeness (QED) is 0.815. The molecule has 0 saturated heterocycles. The van der Waals surface area contributed by atoms with Gasteiger partial charge in [0.25, 0.3) is 6.43 Å². The van der Waals surface area contributed by atoms with Crippen molar-refractivity contribution < 1.29 is 23.4 Å². The molecular formula is C8H6ClF2NO3. The van der Waals surface area contributed by atoms with Crippen LogP contribution in [0.2, 0.25) is 5.15 Å². The Kier molecular flexibility index (Phi) is 3.79. The highest BCUT2D eigenvalue weighted by atomic mass is 35.5. The van der Waals surface area contributed by atoms with E-state index in [2.05, 4.69) is 9.72 Å². The lowest BCUT2D eigenvalue weighted by Gasteiger charge is -2.07. The molecule has 0 aromatic carbocycles. The largest absolute Gasteiger partial charge is 0.485 e. The molecule has 0 bridgehead atoms. The second kappa shape index (κ2) is 4.88. The third kappa shape index (κ3) is 3.32. The van der Waals surface area contributed by atoms with Gasteiger partial charge >= 0.3 is 5.97 Å². The molecule has 82 valence electrons. The average Bonchev–Trinajstić information content (AvgIpc) is 2.15. The van der Waals surface area contributed by atoms with E-state index in [9.17, 15) is 13.6 Å². The number of pyridine rings is 1. The van der Waals surface area contributed by atoms with E-state index >= 15 is 0 Å². The Morgan fingerprint density at radius 1 is 1.67 bits per heavy atom. The number of rotatable bonds is 4. The lowest BCUT2D eigenvalue weighted by atomic mass is 10.2. The zero-order valence-electron chi connectivity index (χ0n) is 7.28. The highest BCUT2D eigenvalue weighted by molar-refractivity contribution is 6.29. The predicted octanol–water partition coefficient (Wildman–Crippen LogP) is 2.08. The summed E-state index contributed by atoms with van der Waals surface area (Å²) < 4.78 is 28.2. The van der Waals surface area contributed by atoms with Gasteiger partial charge in [0.1, 0.15) is 17.3 Å². The van der Waals surface area contributed by atoms with E-state index in [0.29, 0.717) is 0 Å². The van der Waals surface area contributed by atoms with E-state index in [0.717, 1.165) is 12.3 Å². The minimum atomic E-state index is -2.68. The van der Waals surface area contributed by atoms with Crippen LogP contribution < -0.4 is 4.74 Å². The van der Waals surface area contributed by atoms with Gasteiger partial charge in [0.05, 0.1) is 6.20 Å². The Hall–Kier alpha value is -1.43. The summed E-state index contributed by atoms with van der Waals surface area (Å²) in [6, 6.07) is 1.03. The van der Waals surface area contributed by atoms with Crippen molar-refractivity contribution >= 4 is 17.6 Å². The molecule has 0 fully saturated rings. The smallest absolute Gasteiger partial charge is 0.339 e. The van der Waals surface area contributed by atoms with Crippen molar-refractivity contribution in [2.75, 3.05) is 6.61 Å². The van der Waals surface area contributed by atoms with Gasteiger partial charge in [-0.1, -0.05) is 11.6 Å². The van der Waals surface area contributed by atoms with Crippen LogP contribution in [-0.2, 0) is 0 Å². The number of alkyl halides is 2. The standard InChI is InChI=1S/C8H6ClF2NO3/c9-6-1-4(8(13)14)5(2-12-6)15-3-7(10)11/h1-2,7H,3H2,(H,13,14). The number of nitrogens with zero attached hydrogens (tertiary/aromatic N) is 1. The molecule has 15 heavy (non-hydrogen) atoms. The van der Waals surface area contributed by atoms with Crippen LogP contribution in [0.3, 0.4) is 0 Å². The van der Waals surface area contributed by atoms with Crippen molar-refractivity contribution in [1.82, 2.24) is 4.98 Å². The fraction of sp³-hybridized carbons (Fsp3) is 0.250. The van der Waals surface area contributed by atoms with Crippen LogP contribution in [0.1, 0.15) is 10.4 Å². The Bertz CT molecular complexity index is 373. The molecule has 0 spiro atoms. The lowest BCUT2D eigenvalue weighted by molar-refractivity contribution is 0.0663. The fourth-order valence-electron chi connectivity index (χ4n) is 0.852. The first kappa shape index (κ1) is 11.6. The molecule has 1 N–H and O–H groups in total. The topological polar surface area (TPSA) is 59.4 Å². The molecule has 7 heteroatoms. The second-order valence-electron chi connectivity index (χ2n) is 2.51. The van der Waals surface area contributed by atoms with Crippen LogP contribution in [0.5, 0.6) is 5.75 Å². The molecule has 0 aliphatic heterocycles. The van der Waals surface area contributed by atoms with Gasteiger partial charge in [0, 0.05) is 0 Å². The molecule has 0 aliphatic carbocycles. The number of carboxylic acid groups (broad SMARTS) is 1. The summed E-state index contributed by atoms with van der Waals surface area (Å²) in [6.07, 6.45) is -1.68. The van der Waals surface area contributed by atoms with Crippen molar-refractivity contribution in [3.05, 3.63) is 23.0 Å². The third-order valence-corrected chi connectivity index (χ3v) is 1.64. The van der Waals surface area contributed by atoms with Gasteiger partial charge in [0.2, 0.25) is 0 Å². The molecule has 1 rings (SSSR count). The first-order valence-corrected chi connectivity index (χ1v) is 4.18. The van der Waals surface area contributed by atoms with Gasteiger partial charge in [-0.25, -0.2) is 18.6 Å². The zero-order valence-corrected chi connectivity index (χ0v) is 8.04. The van der Waals surface area contributed by atoms with Gasteiger partial charge in [-0.3, -0.25) is 0 Å². The predicted molar refractivity (Wildman–Crippen MR) is 47.7 cm³/mol. The number of hydrogen-bond donors (Lipinski definition) is 1. The van der Waals surface area contributed by atoms with E-state index in [1.54, 1.807) is 0 Å². The molecule has 0 unspecified atom stereocenters. The van der Waals surface area contributed by atoms with Crippen LogP contribution in [0.15, 0.2) is 12.3 Å². The second-order valence-corrected chi connectivity index (χ2v) is 2.90. The minimum absolute atomic E-state index is 0.0446. The normalized spacial score (nSPS) is 10.4. The van der Waals surface area contributed by atoms with Crippen LogP contribution in [0.4, 0.5) is 8.78 Å². The summed E-state index contributed by atoms with van der Waals surface area (Å²) in [5.41, 5.74) is -0.296. The van der Waals surface area contributed by atoms with Gasteiger partial charge < -0.3 is 9.84 Å². The highest BCUT2D eigenvalue weighted by Crippen LogP contribution is 2.20. The number of ether oxygens (including phenoxy) is 1. The number of hydrogen-bond acceptors (Lipinski definition) is 3. The monoisotopic (exact) mass is 237 g/mol. The first-order chi connectivity index (χ1) is 7.00. The van der Waals surface area contributed by atoms with E-state index < -0.39 is 19.0 Å². The molecule has 0 radical (unpaired) electrons. The van der Waals surface area contributed by atoms with Gasteiger partial charge in [-0.2, -0.15) is 0 Å². The Balaban J connectivity index is 2.91. The van der Waals surface area contributed by atoms with Crippen LogP contribution in [-0.4, -0.2) is 29.1 Å². The first-order valence-electron chi connectivity index (χ1n) is 3.80. The van der Waals surface area contributed by atoms with Crippen LogP contribution >= 0.6 is 11.6 Å². The van der Waals surface area contributed by atoms with E-state index in [4.69, 9.17) is 16.7 Å². The average molecular weight is 238 g/mol. The summed E-state index contributed by atoms with van der Waals surface area (Å²) in [5, 5.41) is 8.66. The minimum Gasteiger partial charge on any atom is -0.485 e. The number of carbonyl (C=O) groups is 1. The number of halogens is 3. The van der Waals surface area contributed by atoms with Gasteiger partial charge in [-0.15, -0.1) is 0 Å². The molecule has 1 heterocycles. The van der Waals surface area contributed by atoms with Crippen molar-refractivity contribution in [2.45, 2.75) is 6.43 Å². The summed E-state index contributed by atoms with van der Waals surface area (Å²) in [6.45, 7) is -0.885. The van der Waals surface area contributed by atoms with E-state index in [1.807, 2.05) is 0 Å². The van der Waals surface area contributed by atoms with Crippen LogP contribution in [0.25, 0.3) is 0 Å². The SMILES string of the molecule is O=C(O)c1cc(Cl)ncc1OCC(F)F. The van der Waals surface area contributed by atoms with Gasteiger partial charge in [0.15, 0.2) is 5.75 Å². The fourth-order valence-corrected chi connectivity index (χ4v) is 1.01. The molecule has 1 aromatic heterocycles. The van der Waals surface area contributed by atoms with Crippen LogP contribution in [0, 0.1) is 0 Å². The molecule has 0 saturated carbocycles. The third-order valence-electron chi connectivity index (χ3n) is 1.43. The van der Waals surface area contributed by atoms with Crippen molar-refractivity contribution in [2.24, 2.45) is 0 Å². The molecule has 1 aromatic rings. The maximum atomic E-state index is 11.8. The maximum Gasteiger partial charge on any atom is 0.339 e. The maximum absolute atomic E-state index is 11.8. The summed E-state index contributed by atoms with van der Waals surface area (Å²) in [4.78, 5) is 14.2. The Morgan fingerprint density at radius 2 is 2.33 bits per heavy atom. The lowest BCUT2D eigenvalue weighted by Crippen LogP contribution is -2.10. The number of aromatic nitrogens is 1. The molecule has 0 aliphatic rings. The Labute approximate surface area is 88.4 Å². The Morgan fingerprint density at radius 3 is 2.87 bits per heavy atom. The molecular weight excluding hydrogens is 232 g/mol. The van der Waals surface area contributed by atoms with Crippen molar-refractivity contribution in [3.8, 4) is 5.75 Å². The van der Waals surface area contributed by atoms with E-state index in [-0.39, 0.29) is 16.5 Å².